The van der Waals surface area contributed by atoms with E-state index in [0.717, 1.165) is 37.5 Å². The van der Waals surface area contributed by atoms with Gasteiger partial charge in [0.15, 0.2) is 0 Å². The lowest BCUT2D eigenvalue weighted by Crippen LogP contribution is -2.32. The van der Waals surface area contributed by atoms with Crippen molar-refractivity contribution in [2.45, 2.75) is 32.6 Å². The number of carbonyl (C=O) groups is 1. The van der Waals surface area contributed by atoms with Gasteiger partial charge < -0.3 is 15.0 Å². The average Bonchev–Trinajstić information content (AvgIpc) is 2.57. The summed E-state index contributed by atoms with van der Waals surface area (Å²) in [5.41, 5.74) is 2.15. The molecule has 1 aromatic rings. The number of piperidine rings is 1. The third-order valence-electron chi connectivity index (χ3n) is 4.88. The lowest BCUT2D eigenvalue weighted by atomic mass is 9.98. The van der Waals surface area contributed by atoms with Crippen LogP contribution in [0.5, 0.6) is 0 Å². The van der Waals surface area contributed by atoms with E-state index in [9.17, 15) is 4.79 Å². The fourth-order valence-corrected chi connectivity index (χ4v) is 3.23. The molecule has 0 unspecified atom stereocenters. The highest BCUT2D eigenvalue weighted by Gasteiger charge is 2.21. The monoisotopic (exact) mass is 302 g/mol. The fourth-order valence-electron chi connectivity index (χ4n) is 3.23. The SMILES string of the molecule is CC1CCN(c2ccc(NC(=O)C3CCOCC3)cc2)CC1. The van der Waals surface area contributed by atoms with E-state index in [4.69, 9.17) is 4.74 Å². The Hall–Kier alpha value is -1.55. The molecule has 0 bridgehead atoms. The molecule has 0 atom stereocenters. The van der Waals surface area contributed by atoms with Crippen LogP contribution in [0.25, 0.3) is 0 Å². The number of carbonyl (C=O) groups excluding carboxylic acids is 1. The van der Waals surface area contributed by atoms with Gasteiger partial charge in [0.2, 0.25) is 5.91 Å². The van der Waals surface area contributed by atoms with Crippen molar-refractivity contribution < 1.29 is 9.53 Å². The number of hydrogen-bond acceptors (Lipinski definition) is 3. The van der Waals surface area contributed by atoms with E-state index in [1.54, 1.807) is 0 Å². The smallest absolute Gasteiger partial charge is 0.227 e. The Morgan fingerprint density at radius 1 is 1.09 bits per heavy atom. The maximum atomic E-state index is 12.2. The predicted molar refractivity (Wildman–Crippen MR) is 89.2 cm³/mol. The Balaban J connectivity index is 1.56. The fraction of sp³-hybridized carbons (Fsp3) is 0.611. The molecule has 0 radical (unpaired) electrons. The van der Waals surface area contributed by atoms with Crippen molar-refractivity contribution in [2.75, 3.05) is 36.5 Å². The maximum Gasteiger partial charge on any atom is 0.227 e. The van der Waals surface area contributed by atoms with E-state index in [1.165, 1.54) is 18.5 Å². The van der Waals surface area contributed by atoms with Crippen molar-refractivity contribution in [1.82, 2.24) is 0 Å². The highest BCUT2D eigenvalue weighted by atomic mass is 16.5. The van der Waals surface area contributed by atoms with E-state index < -0.39 is 0 Å². The zero-order chi connectivity index (χ0) is 15.4. The molecule has 2 aliphatic rings. The van der Waals surface area contributed by atoms with Crippen molar-refractivity contribution in [2.24, 2.45) is 11.8 Å². The molecule has 0 spiro atoms. The molecule has 120 valence electrons. The van der Waals surface area contributed by atoms with Gasteiger partial charge in [-0.05, 0) is 55.9 Å². The molecule has 1 amide bonds. The molecule has 4 nitrogen and oxygen atoms in total. The molecule has 22 heavy (non-hydrogen) atoms. The van der Waals surface area contributed by atoms with Crippen LogP contribution in [0.2, 0.25) is 0 Å². The first-order valence-electron chi connectivity index (χ1n) is 8.46. The van der Waals surface area contributed by atoms with Crippen molar-refractivity contribution in [3.8, 4) is 0 Å². The van der Waals surface area contributed by atoms with Gasteiger partial charge in [-0.3, -0.25) is 4.79 Å². The van der Waals surface area contributed by atoms with Crippen LogP contribution in [0.3, 0.4) is 0 Å². The number of ether oxygens (including phenoxy) is 1. The maximum absolute atomic E-state index is 12.2. The number of nitrogens with zero attached hydrogens (tertiary/aromatic N) is 1. The highest BCUT2D eigenvalue weighted by Crippen LogP contribution is 2.25. The van der Waals surface area contributed by atoms with E-state index in [1.807, 2.05) is 12.1 Å². The summed E-state index contributed by atoms with van der Waals surface area (Å²) in [4.78, 5) is 14.6. The number of benzene rings is 1. The summed E-state index contributed by atoms with van der Waals surface area (Å²) in [5, 5.41) is 3.04. The zero-order valence-electron chi connectivity index (χ0n) is 13.4. The van der Waals surface area contributed by atoms with Crippen LogP contribution in [0.15, 0.2) is 24.3 Å². The largest absolute Gasteiger partial charge is 0.381 e. The van der Waals surface area contributed by atoms with Crippen LogP contribution in [-0.2, 0) is 9.53 Å². The first-order chi connectivity index (χ1) is 10.7. The molecule has 3 rings (SSSR count). The molecule has 0 aromatic heterocycles. The van der Waals surface area contributed by atoms with Crippen molar-refractivity contribution in [3.05, 3.63) is 24.3 Å². The summed E-state index contributed by atoms with van der Waals surface area (Å²) in [5.74, 6) is 1.06. The molecule has 4 heteroatoms. The second-order valence-corrected chi connectivity index (χ2v) is 6.59. The minimum Gasteiger partial charge on any atom is -0.381 e. The Morgan fingerprint density at radius 3 is 2.36 bits per heavy atom. The molecule has 2 aliphatic heterocycles. The second kappa shape index (κ2) is 7.14. The number of nitrogens with one attached hydrogen (secondary N) is 1. The highest BCUT2D eigenvalue weighted by molar-refractivity contribution is 5.92. The Morgan fingerprint density at radius 2 is 1.73 bits per heavy atom. The van der Waals surface area contributed by atoms with Crippen molar-refractivity contribution >= 4 is 17.3 Å². The van der Waals surface area contributed by atoms with Crippen molar-refractivity contribution in [1.29, 1.82) is 0 Å². The standard InChI is InChI=1S/C18H26N2O2/c1-14-6-10-20(11-7-14)17-4-2-16(3-5-17)19-18(21)15-8-12-22-13-9-15/h2-5,14-15H,6-13H2,1H3,(H,19,21). The summed E-state index contributed by atoms with van der Waals surface area (Å²) >= 11 is 0. The number of hydrogen-bond donors (Lipinski definition) is 1. The van der Waals surface area contributed by atoms with Gasteiger partial charge in [-0.15, -0.1) is 0 Å². The van der Waals surface area contributed by atoms with Crippen LogP contribution in [0, 0.1) is 11.8 Å². The summed E-state index contributed by atoms with van der Waals surface area (Å²) < 4.78 is 5.30. The summed E-state index contributed by atoms with van der Waals surface area (Å²) in [6, 6.07) is 8.28. The minimum atomic E-state index is 0.0945. The number of rotatable bonds is 3. The van der Waals surface area contributed by atoms with E-state index >= 15 is 0 Å². The Bertz CT molecular complexity index is 486. The van der Waals surface area contributed by atoms with Crippen LogP contribution in [-0.4, -0.2) is 32.2 Å². The number of amides is 1. The van der Waals surface area contributed by atoms with Crippen LogP contribution in [0.4, 0.5) is 11.4 Å². The lowest BCUT2D eigenvalue weighted by molar-refractivity contribution is -0.122. The molecule has 0 aliphatic carbocycles. The van der Waals surface area contributed by atoms with Gasteiger partial charge in [0.05, 0.1) is 0 Å². The van der Waals surface area contributed by atoms with E-state index in [0.29, 0.717) is 13.2 Å². The van der Waals surface area contributed by atoms with Gasteiger partial charge in [-0.25, -0.2) is 0 Å². The van der Waals surface area contributed by atoms with Crippen molar-refractivity contribution in [3.63, 3.8) is 0 Å². The molecule has 1 aromatic carbocycles. The van der Waals surface area contributed by atoms with Crippen LogP contribution < -0.4 is 10.2 Å². The van der Waals surface area contributed by atoms with Gasteiger partial charge in [0.25, 0.3) is 0 Å². The third-order valence-corrected chi connectivity index (χ3v) is 4.88. The summed E-state index contributed by atoms with van der Waals surface area (Å²) in [7, 11) is 0. The molecule has 0 saturated carbocycles. The third kappa shape index (κ3) is 3.80. The molecule has 2 heterocycles. The van der Waals surface area contributed by atoms with Crippen LogP contribution >= 0.6 is 0 Å². The van der Waals surface area contributed by atoms with Gasteiger partial charge >= 0.3 is 0 Å². The first kappa shape index (κ1) is 15.3. The Kier molecular flexibility index (Phi) is 4.98. The van der Waals surface area contributed by atoms with Gasteiger partial charge in [-0.2, -0.15) is 0 Å². The van der Waals surface area contributed by atoms with Gasteiger partial charge in [-0.1, -0.05) is 6.92 Å². The normalized spacial score (nSPS) is 20.9. The van der Waals surface area contributed by atoms with Gasteiger partial charge in [0, 0.05) is 43.6 Å². The molecular formula is C18H26N2O2. The lowest BCUT2D eigenvalue weighted by Gasteiger charge is -2.32. The summed E-state index contributed by atoms with van der Waals surface area (Å²) in [6.07, 6.45) is 4.19. The summed E-state index contributed by atoms with van der Waals surface area (Å²) in [6.45, 7) is 5.99. The molecule has 2 saturated heterocycles. The van der Waals surface area contributed by atoms with E-state index in [2.05, 4.69) is 29.3 Å². The minimum absolute atomic E-state index is 0.0945. The van der Waals surface area contributed by atoms with Crippen LogP contribution in [0.1, 0.15) is 32.6 Å². The predicted octanol–water partition coefficient (Wildman–Crippen LogP) is 3.29. The average molecular weight is 302 g/mol. The molecule has 1 N–H and O–H groups in total. The first-order valence-corrected chi connectivity index (χ1v) is 8.46. The number of anilines is 2. The Labute approximate surface area is 132 Å². The topological polar surface area (TPSA) is 41.6 Å². The molecular weight excluding hydrogens is 276 g/mol. The second-order valence-electron chi connectivity index (χ2n) is 6.59. The van der Waals surface area contributed by atoms with Gasteiger partial charge in [0.1, 0.15) is 0 Å². The quantitative estimate of drug-likeness (QED) is 0.931. The zero-order valence-corrected chi connectivity index (χ0v) is 13.4. The van der Waals surface area contributed by atoms with E-state index in [-0.39, 0.29) is 11.8 Å². The molecule has 2 fully saturated rings.